The molecule has 0 saturated carbocycles. The highest BCUT2D eigenvalue weighted by Crippen LogP contribution is 2.44. The normalized spacial score (nSPS) is 14.9. The van der Waals surface area contributed by atoms with Gasteiger partial charge in [0.2, 0.25) is 0 Å². The van der Waals surface area contributed by atoms with Gasteiger partial charge in [-0.2, -0.15) is 0 Å². The van der Waals surface area contributed by atoms with Gasteiger partial charge in [0.15, 0.2) is 0 Å². The summed E-state index contributed by atoms with van der Waals surface area (Å²) in [7, 11) is 0. The van der Waals surface area contributed by atoms with E-state index in [2.05, 4.69) is 11.4 Å². The van der Waals surface area contributed by atoms with Crippen molar-refractivity contribution < 1.29 is 9.72 Å². The van der Waals surface area contributed by atoms with E-state index in [1.165, 1.54) is 30.2 Å². The first-order valence-electron chi connectivity index (χ1n) is 7.63. The van der Waals surface area contributed by atoms with Crippen LogP contribution in [-0.2, 0) is 0 Å². The minimum atomic E-state index is -0.545. The number of benzene rings is 2. The quantitative estimate of drug-likeness (QED) is 0.557. The molecule has 1 saturated heterocycles. The number of thioether (sulfide) groups is 2. The fraction of sp³-hybridized carbons (Fsp3) is 0.235. The van der Waals surface area contributed by atoms with Crippen LogP contribution in [0.5, 0.6) is 0 Å². The van der Waals surface area contributed by atoms with Gasteiger partial charge < -0.3 is 5.32 Å². The second kappa shape index (κ2) is 8.12. The summed E-state index contributed by atoms with van der Waals surface area (Å²) in [5, 5.41) is 13.6. The molecule has 2 aromatic carbocycles. The summed E-state index contributed by atoms with van der Waals surface area (Å²) >= 11 is 9.84. The highest BCUT2D eigenvalue weighted by molar-refractivity contribution is 8.16. The Labute approximate surface area is 158 Å². The summed E-state index contributed by atoms with van der Waals surface area (Å²) in [5.74, 6) is 1.90. The smallest absolute Gasteiger partial charge is 0.270 e. The molecule has 0 spiro atoms. The van der Waals surface area contributed by atoms with E-state index in [0.717, 1.165) is 11.5 Å². The van der Waals surface area contributed by atoms with E-state index in [9.17, 15) is 14.9 Å². The van der Waals surface area contributed by atoms with Crippen LogP contribution in [-0.4, -0.2) is 22.3 Å². The zero-order chi connectivity index (χ0) is 17.8. The van der Waals surface area contributed by atoms with E-state index in [-0.39, 0.29) is 22.2 Å². The second-order valence-electron chi connectivity index (χ2n) is 5.43. The maximum atomic E-state index is 12.4. The molecule has 1 amide bonds. The first kappa shape index (κ1) is 18.1. The molecule has 1 fully saturated rings. The van der Waals surface area contributed by atoms with Gasteiger partial charge >= 0.3 is 0 Å². The number of nitro groups is 1. The predicted molar refractivity (Wildman–Crippen MR) is 105 cm³/mol. The number of nitrogens with zero attached hydrogens (tertiary/aromatic N) is 1. The van der Waals surface area contributed by atoms with E-state index in [4.69, 9.17) is 11.6 Å². The molecule has 0 unspecified atom stereocenters. The van der Waals surface area contributed by atoms with Gasteiger partial charge in [0.05, 0.1) is 20.1 Å². The van der Waals surface area contributed by atoms with Crippen molar-refractivity contribution in [2.24, 2.45) is 0 Å². The van der Waals surface area contributed by atoms with Crippen LogP contribution in [0.2, 0.25) is 5.02 Å². The lowest BCUT2D eigenvalue weighted by Gasteiger charge is -2.21. The zero-order valence-corrected chi connectivity index (χ0v) is 15.5. The molecule has 1 aliphatic heterocycles. The van der Waals surface area contributed by atoms with E-state index >= 15 is 0 Å². The lowest BCUT2D eigenvalue weighted by molar-refractivity contribution is -0.384. The molecule has 0 bridgehead atoms. The Hall–Kier alpha value is -1.70. The van der Waals surface area contributed by atoms with Crippen molar-refractivity contribution in [3.8, 4) is 0 Å². The van der Waals surface area contributed by atoms with E-state index in [0.29, 0.717) is 10.3 Å². The Morgan fingerprint density at radius 3 is 2.64 bits per heavy atom. The monoisotopic (exact) mass is 394 g/mol. The molecular formula is C17H15ClN2O3S2. The van der Waals surface area contributed by atoms with Crippen LogP contribution in [0.1, 0.15) is 26.9 Å². The molecule has 3 rings (SSSR count). The van der Waals surface area contributed by atoms with Gasteiger partial charge in [0.1, 0.15) is 0 Å². The molecule has 0 aromatic heterocycles. The van der Waals surface area contributed by atoms with Gasteiger partial charge in [-0.15, -0.1) is 23.5 Å². The summed E-state index contributed by atoms with van der Waals surface area (Å²) in [5.41, 5.74) is 1.92. The average Bonchev–Trinajstić information content (AvgIpc) is 2.62. The lowest BCUT2D eigenvalue weighted by atomic mass is 10.1. The SMILES string of the molecule is O=C(Nc1cccc(C2SCCCS2)c1)c1ccc([N+](=O)[O-])cc1Cl. The number of nitro benzene ring substituents is 1. The molecule has 130 valence electrons. The fourth-order valence-electron chi connectivity index (χ4n) is 2.44. The van der Waals surface area contributed by atoms with Crippen LogP contribution in [0.25, 0.3) is 0 Å². The number of halogens is 1. The number of hydrogen-bond acceptors (Lipinski definition) is 5. The number of nitrogens with one attached hydrogen (secondary N) is 1. The van der Waals surface area contributed by atoms with Crippen molar-refractivity contribution in [2.45, 2.75) is 11.0 Å². The standard InChI is InChI=1S/C17H15ClN2O3S2/c18-15-10-13(20(22)23)5-6-14(15)16(21)19-12-4-1-3-11(9-12)17-24-7-2-8-25-17/h1,3-6,9-10,17H,2,7-8H2,(H,19,21). The maximum Gasteiger partial charge on any atom is 0.270 e. The van der Waals surface area contributed by atoms with Gasteiger partial charge in [-0.3, -0.25) is 14.9 Å². The Morgan fingerprint density at radius 1 is 1.20 bits per heavy atom. The molecule has 0 aliphatic carbocycles. The van der Waals surface area contributed by atoms with Crippen LogP contribution in [0.3, 0.4) is 0 Å². The van der Waals surface area contributed by atoms with Gasteiger partial charge in [-0.25, -0.2) is 0 Å². The van der Waals surface area contributed by atoms with Crippen LogP contribution < -0.4 is 5.32 Å². The third-order valence-corrected chi connectivity index (χ3v) is 6.98. The molecule has 8 heteroatoms. The highest BCUT2D eigenvalue weighted by atomic mass is 35.5. The van der Waals surface area contributed by atoms with Gasteiger partial charge in [-0.05, 0) is 41.7 Å². The van der Waals surface area contributed by atoms with Gasteiger partial charge in [0.25, 0.3) is 11.6 Å². The average molecular weight is 395 g/mol. The lowest BCUT2D eigenvalue weighted by Crippen LogP contribution is -2.13. The van der Waals surface area contributed by atoms with Crippen LogP contribution >= 0.6 is 35.1 Å². The van der Waals surface area contributed by atoms with Crippen LogP contribution in [0, 0.1) is 10.1 Å². The number of anilines is 1. The Morgan fingerprint density at radius 2 is 1.96 bits per heavy atom. The number of amides is 1. The first-order valence-corrected chi connectivity index (χ1v) is 10.1. The van der Waals surface area contributed by atoms with E-state index in [1.807, 2.05) is 41.7 Å². The maximum absolute atomic E-state index is 12.4. The molecule has 25 heavy (non-hydrogen) atoms. The molecule has 0 atom stereocenters. The highest BCUT2D eigenvalue weighted by Gasteiger charge is 2.18. The summed E-state index contributed by atoms with van der Waals surface area (Å²) < 4.78 is 0.383. The van der Waals surface area contributed by atoms with Crippen molar-refractivity contribution in [1.82, 2.24) is 0 Å². The zero-order valence-electron chi connectivity index (χ0n) is 13.1. The summed E-state index contributed by atoms with van der Waals surface area (Å²) in [6.45, 7) is 0. The Balaban J connectivity index is 1.76. The topological polar surface area (TPSA) is 72.2 Å². The van der Waals surface area contributed by atoms with Gasteiger partial charge in [0, 0.05) is 17.8 Å². The summed E-state index contributed by atoms with van der Waals surface area (Å²) in [6.07, 6.45) is 1.22. The fourth-order valence-corrected chi connectivity index (χ4v) is 5.58. The van der Waals surface area contributed by atoms with Crippen molar-refractivity contribution in [3.63, 3.8) is 0 Å². The summed E-state index contributed by atoms with van der Waals surface area (Å²) in [4.78, 5) is 22.6. The number of rotatable bonds is 4. The third-order valence-electron chi connectivity index (χ3n) is 3.65. The molecule has 5 nitrogen and oxygen atoms in total. The molecular weight excluding hydrogens is 380 g/mol. The number of carbonyl (C=O) groups excluding carboxylic acids is 1. The Bertz CT molecular complexity index is 810. The molecule has 2 aromatic rings. The van der Waals surface area contributed by atoms with Crippen molar-refractivity contribution in [1.29, 1.82) is 0 Å². The largest absolute Gasteiger partial charge is 0.322 e. The number of carbonyl (C=O) groups is 1. The Kier molecular flexibility index (Phi) is 5.88. The van der Waals surface area contributed by atoms with Gasteiger partial charge in [-0.1, -0.05) is 23.7 Å². The summed E-state index contributed by atoms with van der Waals surface area (Å²) in [6, 6.07) is 11.6. The van der Waals surface area contributed by atoms with Crippen molar-refractivity contribution >= 4 is 52.4 Å². The molecule has 1 aliphatic rings. The number of non-ortho nitro benzene ring substituents is 1. The van der Waals surface area contributed by atoms with Crippen molar-refractivity contribution in [2.75, 3.05) is 16.8 Å². The van der Waals surface area contributed by atoms with Crippen LogP contribution in [0.15, 0.2) is 42.5 Å². The molecule has 0 radical (unpaired) electrons. The van der Waals surface area contributed by atoms with Crippen LogP contribution in [0.4, 0.5) is 11.4 Å². The third kappa shape index (κ3) is 4.48. The second-order valence-corrected chi connectivity index (χ2v) is 8.56. The number of hydrogen-bond donors (Lipinski definition) is 1. The molecule has 1 heterocycles. The van der Waals surface area contributed by atoms with Crippen molar-refractivity contribution in [3.05, 3.63) is 68.7 Å². The predicted octanol–water partition coefficient (Wildman–Crippen LogP) is 5.37. The minimum Gasteiger partial charge on any atom is -0.322 e. The van der Waals surface area contributed by atoms with E-state index in [1.54, 1.807) is 0 Å². The first-order chi connectivity index (χ1) is 12.0. The minimum absolute atomic E-state index is 0.0567. The molecule has 1 N–H and O–H groups in total. The van der Waals surface area contributed by atoms with E-state index < -0.39 is 4.92 Å².